The highest BCUT2D eigenvalue weighted by Gasteiger charge is 2.11. The predicted molar refractivity (Wildman–Crippen MR) is 100.0 cm³/mol. The third kappa shape index (κ3) is 5.33. The highest BCUT2D eigenvalue weighted by molar-refractivity contribution is 7.15. The van der Waals surface area contributed by atoms with Crippen LogP contribution in [0.3, 0.4) is 0 Å². The molecule has 2 amide bonds. The summed E-state index contributed by atoms with van der Waals surface area (Å²) in [6.45, 7) is 0.0806. The van der Waals surface area contributed by atoms with E-state index in [1.54, 1.807) is 24.5 Å². The van der Waals surface area contributed by atoms with Crippen molar-refractivity contribution in [1.29, 1.82) is 0 Å². The Kier molecular flexibility index (Phi) is 6.24. The van der Waals surface area contributed by atoms with Crippen LogP contribution in [0, 0.1) is 0 Å². The molecule has 0 saturated carbocycles. The Bertz CT molecular complexity index is 826. The molecule has 3 rings (SSSR count). The number of pyridine rings is 1. The molecule has 0 aliphatic carbocycles. The van der Waals surface area contributed by atoms with Crippen LogP contribution in [0.15, 0.2) is 54.9 Å². The molecule has 0 fully saturated rings. The third-order valence-corrected chi connectivity index (χ3v) is 4.58. The number of aliphatic hydroxyl groups is 1. The Labute approximate surface area is 155 Å². The Morgan fingerprint density at radius 2 is 1.96 bits per heavy atom. The van der Waals surface area contributed by atoms with Crippen LogP contribution in [0.5, 0.6) is 0 Å². The van der Waals surface area contributed by atoms with E-state index in [2.05, 4.69) is 37.9 Å². The second kappa shape index (κ2) is 9.02. The van der Waals surface area contributed by atoms with E-state index in [4.69, 9.17) is 0 Å². The van der Waals surface area contributed by atoms with Crippen LogP contribution in [0.4, 0.5) is 9.93 Å². The summed E-state index contributed by atoms with van der Waals surface area (Å²) in [7, 11) is 0. The minimum atomic E-state index is -0.815. The van der Waals surface area contributed by atoms with Gasteiger partial charge in [0, 0.05) is 30.9 Å². The predicted octanol–water partition coefficient (Wildman–Crippen LogP) is 2.57. The van der Waals surface area contributed by atoms with Crippen LogP contribution in [0.1, 0.15) is 22.2 Å². The van der Waals surface area contributed by atoms with Gasteiger partial charge in [0.05, 0.1) is 6.10 Å². The zero-order valence-electron chi connectivity index (χ0n) is 14.0. The number of aryl methyl sites for hydroxylation is 2. The number of anilines is 1. The molecule has 8 heteroatoms. The second-order valence-corrected chi connectivity index (χ2v) is 6.69. The van der Waals surface area contributed by atoms with Crippen LogP contribution in [0.25, 0.3) is 0 Å². The maximum atomic E-state index is 11.9. The van der Waals surface area contributed by atoms with Crippen LogP contribution >= 0.6 is 11.3 Å². The zero-order valence-corrected chi connectivity index (χ0v) is 14.8. The summed E-state index contributed by atoms with van der Waals surface area (Å²) in [5, 5.41) is 24.6. The maximum absolute atomic E-state index is 11.9. The highest BCUT2D eigenvalue weighted by atomic mass is 32.1. The molecule has 0 saturated heterocycles. The normalized spacial score (nSPS) is 11.7. The highest BCUT2D eigenvalue weighted by Crippen LogP contribution is 2.17. The summed E-state index contributed by atoms with van der Waals surface area (Å²) in [6.07, 6.45) is 4.02. The van der Waals surface area contributed by atoms with Gasteiger partial charge in [0.2, 0.25) is 5.13 Å². The average Bonchev–Trinajstić information content (AvgIpc) is 3.13. The minimum Gasteiger partial charge on any atom is -0.387 e. The molecule has 3 N–H and O–H groups in total. The standard InChI is InChI=1S/C18H19N5O2S/c24-15(14-7-4-10-19-11-14)12-20-17(25)21-18-23-22-16(26-18)9-8-13-5-2-1-3-6-13/h1-7,10-11,15,24H,8-9,12H2,(H2,20,21,23,25). The van der Waals surface area contributed by atoms with Crippen molar-refractivity contribution >= 4 is 22.5 Å². The fourth-order valence-electron chi connectivity index (χ4n) is 2.32. The zero-order chi connectivity index (χ0) is 18.2. The minimum absolute atomic E-state index is 0.0806. The lowest BCUT2D eigenvalue weighted by molar-refractivity contribution is 0.174. The van der Waals surface area contributed by atoms with Gasteiger partial charge in [0.15, 0.2) is 0 Å². The molecule has 1 aromatic carbocycles. The molecule has 0 aliphatic rings. The smallest absolute Gasteiger partial charge is 0.321 e. The first-order valence-corrected chi connectivity index (χ1v) is 9.01. The Hall–Kier alpha value is -2.84. The first-order valence-electron chi connectivity index (χ1n) is 8.20. The van der Waals surface area contributed by atoms with Gasteiger partial charge in [0.25, 0.3) is 0 Å². The Morgan fingerprint density at radius 3 is 2.73 bits per heavy atom. The molecule has 7 nitrogen and oxygen atoms in total. The number of carbonyl (C=O) groups excluding carboxylic acids is 1. The van der Waals surface area contributed by atoms with Gasteiger partial charge in [-0.3, -0.25) is 10.3 Å². The number of benzene rings is 1. The van der Waals surface area contributed by atoms with Crippen LogP contribution < -0.4 is 10.6 Å². The molecule has 3 aromatic rings. The first-order chi connectivity index (χ1) is 12.7. The molecule has 1 atom stereocenters. The number of hydrogen-bond acceptors (Lipinski definition) is 6. The van der Waals surface area contributed by atoms with Gasteiger partial charge in [-0.05, 0) is 18.1 Å². The number of hydrogen-bond donors (Lipinski definition) is 3. The number of aliphatic hydroxyl groups excluding tert-OH is 1. The second-order valence-electron chi connectivity index (χ2n) is 5.62. The summed E-state index contributed by atoms with van der Waals surface area (Å²) >= 11 is 1.34. The van der Waals surface area contributed by atoms with Crippen molar-refractivity contribution in [3.8, 4) is 0 Å². The molecule has 0 bridgehead atoms. The van der Waals surface area contributed by atoms with Gasteiger partial charge in [-0.25, -0.2) is 4.79 Å². The van der Waals surface area contributed by atoms with Crippen LogP contribution in [-0.4, -0.2) is 32.9 Å². The summed E-state index contributed by atoms with van der Waals surface area (Å²) in [4.78, 5) is 15.9. The van der Waals surface area contributed by atoms with Crippen molar-refractivity contribution < 1.29 is 9.90 Å². The van der Waals surface area contributed by atoms with E-state index < -0.39 is 12.1 Å². The molecule has 2 heterocycles. The number of urea groups is 1. The number of amides is 2. The van der Waals surface area contributed by atoms with Crippen molar-refractivity contribution in [2.45, 2.75) is 18.9 Å². The maximum Gasteiger partial charge on any atom is 0.321 e. The fraction of sp³-hybridized carbons (Fsp3) is 0.222. The van der Waals surface area contributed by atoms with E-state index in [9.17, 15) is 9.90 Å². The number of aromatic nitrogens is 3. The van der Waals surface area contributed by atoms with E-state index >= 15 is 0 Å². The molecule has 134 valence electrons. The topological polar surface area (TPSA) is 100 Å². The van der Waals surface area contributed by atoms with Crippen molar-refractivity contribution in [2.75, 3.05) is 11.9 Å². The molecule has 2 aromatic heterocycles. The number of rotatable bonds is 7. The lowest BCUT2D eigenvalue weighted by Crippen LogP contribution is -2.32. The molecular formula is C18H19N5O2S. The van der Waals surface area contributed by atoms with E-state index in [1.807, 2.05) is 18.2 Å². The lowest BCUT2D eigenvalue weighted by atomic mass is 10.1. The van der Waals surface area contributed by atoms with Gasteiger partial charge in [-0.15, -0.1) is 10.2 Å². The van der Waals surface area contributed by atoms with E-state index in [1.165, 1.54) is 16.9 Å². The van der Waals surface area contributed by atoms with Crippen LogP contribution in [0.2, 0.25) is 0 Å². The SMILES string of the molecule is O=C(NCC(O)c1cccnc1)Nc1nnc(CCc2ccccc2)s1. The van der Waals surface area contributed by atoms with Crippen LogP contribution in [-0.2, 0) is 12.8 Å². The van der Waals surface area contributed by atoms with E-state index in [-0.39, 0.29) is 6.54 Å². The van der Waals surface area contributed by atoms with Gasteiger partial charge in [0.1, 0.15) is 5.01 Å². The van der Waals surface area contributed by atoms with Gasteiger partial charge >= 0.3 is 6.03 Å². The van der Waals surface area contributed by atoms with Gasteiger partial charge in [-0.1, -0.05) is 47.7 Å². The average molecular weight is 369 g/mol. The molecule has 0 radical (unpaired) electrons. The lowest BCUT2D eigenvalue weighted by Gasteiger charge is -2.11. The third-order valence-electron chi connectivity index (χ3n) is 3.68. The fourth-order valence-corrected chi connectivity index (χ4v) is 3.06. The Morgan fingerprint density at radius 1 is 1.12 bits per heavy atom. The quantitative estimate of drug-likeness (QED) is 0.594. The largest absolute Gasteiger partial charge is 0.387 e. The summed E-state index contributed by atoms with van der Waals surface area (Å²) in [5.74, 6) is 0. The molecule has 0 spiro atoms. The summed E-state index contributed by atoms with van der Waals surface area (Å²) in [6, 6.07) is 13.2. The molecule has 1 unspecified atom stereocenters. The van der Waals surface area contributed by atoms with Gasteiger partial charge < -0.3 is 10.4 Å². The molecular weight excluding hydrogens is 350 g/mol. The number of nitrogens with zero attached hydrogens (tertiary/aromatic N) is 3. The van der Waals surface area contributed by atoms with Gasteiger partial charge in [-0.2, -0.15) is 0 Å². The number of nitrogens with one attached hydrogen (secondary N) is 2. The van der Waals surface area contributed by atoms with Crippen molar-refractivity contribution in [2.24, 2.45) is 0 Å². The summed E-state index contributed by atoms with van der Waals surface area (Å²) in [5.41, 5.74) is 1.88. The van der Waals surface area contributed by atoms with Crippen molar-refractivity contribution in [1.82, 2.24) is 20.5 Å². The monoisotopic (exact) mass is 369 g/mol. The van der Waals surface area contributed by atoms with E-state index in [0.717, 1.165) is 17.8 Å². The molecule has 0 aliphatic heterocycles. The van der Waals surface area contributed by atoms with E-state index in [0.29, 0.717) is 10.7 Å². The van der Waals surface area contributed by atoms with Crippen molar-refractivity contribution in [3.63, 3.8) is 0 Å². The number of carbonyl (C=O) groups is 1. The summed E-state index contributed by atoms with van der Waals surface area (Å²) < 4.78 is 0. The Balaban J connectivity index is 1.44. The first kappa shape index (κ1) is 18.0. The van der Waals surface area contributed by atoms with Crippen molar-refractivity contribution in [3.05, 3.63) is 71.0 Å². The molecule has 26 heavy (non-hydrogen) atoms.